The Labute approximate surface area is 206 Å². The average molecular weight is 519 g/mol. The summed E-state index contributed by atoms with van der Waals surface area (Å²) in [5.74, 6) is -7.78. The second-order valence-electron chi connectivity index (χ2n) is 7.95. The van der Waals surface area contributed by atoms with Crippen molar-refractivity contribution in [2.75, 3.05) is 6.54 Å². The number of aliphatic carboxylic acids is 3. The summed E-state index contributed by atoms with van der Waals surface area (Å²) in [5.41, 5.74) is 16.2. The van der Waals surface area contributed by atoms with Crippen molar-refractivity contribution in [2.24, 2.45) is 17.2 Å². The first-order valence-electron chi connectivity index (χ1n) is 11.1. The van der Waals surface area contributed by atoms with Crippen LogP contribution in [0.3, 0.4) is 0 Å². The molecule has 0 radical (unpaired) electrons. The number of unbranched alkanes of at least 4 members (excludes halogenated alkanes) is 1. The molecule has 0 aromatic rings. The molecule has 204 valence electrons. The Morgan fingerprint density at radius 3 is 1.67 bits per heavy atom. The first-order valence-corrected chi connectivity index (χ1v) is 11.1. The molecular formula is C20H34N6O10. The molecule has 0 saturated carbocycles. The highest BCUT2D eigenvalue weighted by Gasteiger charge is 2.31. The van der Waals surface area contributed by atoms with Crippen molar-refractivity contribution in [1.29, 1.82) is 0 Å². The highest BCUT2D eigenvalue weighted by atomic mass is 16.4. The van der Waals surface area contributed by atoms with E-state index in [1.807, 2.05) is 0 Å². The van der Waals surface area contributed by atoms with Gasteiger partial charge in [-0.15, -0.1) is 0 Å². The number of hydrogen-bond donors (Lipinski definition) is 9. The fourth-order valence-electron chi connectivity index (χ4n) is 2.93. The van der Waals surface area contributed by atoms with Crippen LogP contribution in [0.1, 0.15) is 51.4 Å². The van der Waals surface area contributed by atoms with Crippen molar-refractivity contribution in [3.63, 3.8) is 0 Å². The third-order valence-electron chi connectivity index (χ3n) is 4.89. The summed E-state index contributed by atoms with van der Waals surface area (Å²) >= 11 is 0. The summed E-state index contributed by atoms with van der Waals surface area (Å²) in [5, 5.41) is 33.4. The summed E-state index contributed by atoms with van der Waals surface area (Å²) in [4.78, 5) is 82.1. The smallest absolute Gasteiger partial charge is 0.326 e. The van der Waals surface area contributed by atoms with Gasteiger partial charge in [-0.2, -0.15) is 0 Å². The molecule has 0 heterocycles. The molecule has 16 nitrogen and oxygen atoms in total. The normalized spacial score (nSPS) is 13.9. The van der Waals surface area contributed by atoms with Gasteiger partial charge in [0.1, 0.15) is 18.1 Å². The minimum absolute atomic E-state index is 0.00933. The number of carbonyl (C=O) groups is 7. The van der Waals surface area contributed by atoms with Crippen molar-refractivity contribution in [2.45, 2.75) is 75.5 Å². The number of carbonyl (C=O) groups excluding carboxylic acids is 4. The lowest BCUT2D eigenvalue weighted by atomic mass is 10.0. The number of amides is 4. The maximum absolute atomic E-state index is 12.8. The van der Waals surface area contributed by atoms with Gasteiger partial charge in [0.2, 0.25) is 23.6 Å². The highest BCUT2D eigenvalue weighted by Crippen LogP contribution is 2.06. The predicted molar refractivity (Wildman–Crippen MR) is 122 cm³/mol. The topological polar surface area (TPSA) is 294 Å². The minimum Gasteiger partial charge on any atom is -0.481 e. The van der Waals surface area contributed by atoms with E-state index in [1.165, 1.54) is 0 Å². The standard InChI is InChI=1S/C20H34N6O10/c21-8-2-1-3-11(18(33)25-12(20(35)36)5-7-16(30)31)24-19(34)13(9-14(23)27)26-17(32)10(22)4-6-15(28)29/h10-13H,1-9,21-22H2,(H2,23,27)(H,24,34)(H,25,33)(H,26,32)(H,28,29)(H,30,31)(H,35,36). The molecule has 0 aliphatic rings. The number of hydrogen-bond acceptors (Lipinski definition) is 9. The molecule has 0 aromatic heterocycles. The zero-order valence-electron chi connectivity index (χ0n) is 19.6. The predicted octanol–water partition coefficient (Wildman–Crippen LogP) is -3.41. The van der Waals surface area contributed by atoms with Gasteiger partial charge in [0.15, 0.2) is 0 Å². The number of carboxylic acid groups (broad SMARTS) is 3. The Balaban J connectivity index is 5.53. The monoisotopic (exact) mass is 518 g/mol. The Morgan fingerprint density at radius 2 is 1.17 bits per heavy atom. The molecule has 4 unspecified atom stereocenters. The summed E-state index contributed by atoms with van der Waals surface area (Å²) in [7, 11) is 0. The molecule has 0 saturated heterocycles. The van der Waals surface area contributed by atoms with Crippen molar-refractivity contribution in [3.8, 4) is 0 Å². The average Bonchev–Trinajstić information content (AvgIpc) is 2.77. The lowest BCUT2D eigenvalue weighted by Gasteiger charge is -2.24. The van der Waals surface area contributed by atoms with Gasteiger partial charge < -0.3 is 48.5 Å². The molecule has 0 aromatic carbocycles. The Bertz CT molecular complexity index is 821. The van der Waals surface area contributed by atoms with Crippen LogP contribution >= 0.6 is 0 Å². The quantitative estimate of drug-likeness (QED) is 0.0755. The Hall–Kier alpha value is -3.79. The van der Waals surface area contributed by atoms with Crippen LogP contribution in [0.4, 0.5) is 0 Å². The van der Waals surface area contributed by atoms with Gasteiger partial charge in [-0.05, 0) is 38.6 Å². The third-order valence-corrected chi connectivity index (χ3v) is 4.89. The van der Waals surface area contributed by atoms with E-state index >= 15 is 0 Å². The zero-order valence-corrected chi connectivity index (χ0v) is 19.6. The summed E-state index contributed by atoms with van der Waals surface area (Å²) in [6.45, 7) is 0.271. The fraction of sp³-hybridized carbons (Fsp3) is 0.650. The first kappa shape index (κ1) is 32.2. The second-order valence-corrected chi connectivity index (χ2v) is 7.95. The van der Waals surface area contributed by atoms with Gasteiger partial charge in [0.25, 0.3) is 0 Å². The minimum atomic E-state index is -1.56. The summed E-state index contributed by atoms with van der Waals surface area (Å²) in [6, 6.07) is -5.73. The van der Waals surface area contributed by atoms with Crippen LogP contribution in [0.25, 0.3) is 0 Å². The summed E-state index contributed by atoms with van der Waals surface area (Å²) in [6.07, 6.45) is -1.47. The number of nitrogens with one attached hydrogen (secondary N) is 3. The molecule has 36 heavy (non-hydrogen) atoms. The van der Waals surface area contributed by atoms with Crippen LogP contribution in [0.5, 0.6) is 0 Å². The molecule has 0 aliphatic heterocycles. The molecule has 4 amide bonds. The molecule has 0 rings (SSSR count). The maximum atomic E-state index is 12.8. The number of primary amides is 1. The molecule has 16 heteroatoms. The molecule has 0 aliphatic carbocycles. The lowest BCUT2D eigenvalue weighted by Crippen LogP contribution is -2.57. The fourth-order valence-corrected chi connectivity index (χ4v) is 2.93. The van der Waals surface area contributed by atoms with Gasteiger partial charge in [0.05, 0.1) is 12.5 Å². The third kappa shape index (κ3) is 13.8. The van der Waals surface area contributed by atoms with E-state index in [-0.39, 0.29) is 19.4 Å². The maximum Gasteiger partial charge on any atom is 0.326 e. The molecule has 0 spiro atoms. The van der Waals surface area contributed by atoms with E-state index in [9.17, 15) is 38.7 Å². The van der Waals surface area contributed by atoms with Crippen molar-refractivity contribution in [3.05, 3.63) is 0 Å². The molecule has 4 atom stereocenters. The zero-order chi connectivity index (χ0) is 27.8. The van der Waals surface area contributed by atoms with E-state index in [1.54, 1.807) is 0 Å². The van der Waals surface area contributed by atoms with Crippen LogP contribution in [0.15, 0.2) is 0 Å². The van der Waals surface area contributed by atoms with Gasteiger partial charge in [0, 0.05) is 12.8 Å². The van der Waals surface area contributed by atoms with E-state index < -0.39 is 91.4 Å². The van der Waals surface area contributed by atoms with Crippen molar-refractivity contribution in [1.82, 2.24) is 16.0 Å². The van der Waals surface area contributed by atoms with E-state index in [0.29, 0.717) is 12.8 Å². The molecular weight excluding hydrogens is 484 g/mol. The number of rotatable bonds is 19. The lowest BCUT2D eigenvalue weighted by molar-refractivity contribution is -0.143. The van der Waals surface area contributed by atoms with Gasteiger partial charge in [-0.1, -0.05) is 0 Å². The van der Waals surface area contributed by atoms with Gasteiger partial charge in [-0.3, -0.25) is 28.8 Å². The first-order chi connectivity index (χ1) is 16.8. The van der Waals surface area contributed by atoms with Crippen LogP contribution in [0, 0.1) is 0 Å². The number of carboxylic acids is 3. The molecule has 0 fully saturated rings. The van der Waals surface area contributed by atoms with E-state index in [4.69, 9.17) is 27.4 Å². The number of nitrogens with two attached hydrogens (primary N) is 3. The SMILES string of the molecule is NCCCCC(NC(=O)C(CC(N)=O)NC(=O)C(N)CCC(=O)O)C(=O)NC(CCC(=O)O)C(=O)O. The van der Waals surface area contributed by atoms with Crippen LogP contribution in [-0.2, 0) is 33.6 Å². The summed E-state index contributed by atoms with van der Waals surface area (Å²) < 4.78 is 0. The van der Waals surface area contributed by atoms with Crippen LogP contribution < -0.4 is 33.2 Å². The van der Waals surface area contributed by atoms with Crippen molar-refractivity contribution >= 4 is 41.5 Å². The van der Waals surface area contributed by atoms with Gasteiger partial charge >= 0.3 is 17.9 Å². The highest BCUT2D eigenvalue weighted by molar-refractivity contribution is 5.96. The van der Waals surface area contributed by atoms with E-state index in [2.05, 4.69) is 16.0 Å². The molecule has 0 bridgehead atoms. The van der Waals surface area contributed by atoms with Crippen LogP contribution in [-0.4, -0.2) is 87.6 Å². The van der Waals surface area contributed by atoms with Crippen LogP contribution in [0.2, 0.25) is 0 Å². The van der Waals surface area contributed by atoms with Gasteiger partial charge in [-0.25, -0.2) is 4.79 Å². The Kier molecular flexibility index (Phi) is 15.0. The largest absolute Gasteiger partial charge is 0.481 e. The Morgan fingerprint density at radius 1 is 0.667 bits per heavy atom. The molecule has 12 N–H and O–H groups in total. The van der Waals surface area contributed by atoms with E-state index in [0.717, 1.165) is 0 Å². The second kappa shape index (κ2) is 16.8. The van der Waals surface area contributed by atoms with Crippen molar-refractivity contribution < 1.29 is 48.9 Å².